The Morgan fingerprint density at radius 1 is 0.556 bits per heavy atom. The van der Waals surface area contributed by atoms with Crippen LogP contribution in [0.2, 0.25) is 0 Å². The van der Waals surface area contributed by atoms with Gasteiger partial charge in [0.15, 0.2) is 0 Å². The van der Waals surface area contributed by atoms with E-state index in [-0.39, 0.29) is 5.97 Å². The summed E-state index contributed by atoms with van der Waals surface area (Å²) in [6.45, 7) is 7.44. The molecule has 0 heterocycles. The molecule has 0 atom stereocenters. The van der Waals surface area contributed by atoms with Gasteiger partial charge in [0.25, 0.3) is 0 Å². The van der Waals surface area contributed by atoms with Crippen LogP contribution in [0.1, 0.15) is 163 Å². The maximum absolute atomic E-state index is 13.1. The lowest BCUT2D eigenvalue weighted by atomic mass is 9.96. The Labute approximate surface area is 221 Å². The van der Waals surface area contributed by atoms with Crippen LogP contribution in [0.5, 0.6) is 0 Å². The number of benzene rings is 1. The van der Waals surface area contributed by atoms with Crippen LogP contribution in [0.3, 0.4) is 0 Å². The molecule has 0 amide bonds. The van der Waals surface area contributed by atoms with Crippen LogP contribution in [0, 0.1) is 0 Å². The van der Waals surface area contributed by atoms with Crippen molar-refractivity contribution in [2.24, 2.45) is 0 Å². The van der Waals surface area contributed by atoms with Gasteiger partial charge in [-0.2, -0.15) is 0 Å². The molecule has 0 fully saturated rings. The quantitative estimate of drug-likeness (QED) is 0.110. The third-order valence-corrected chi connectivity index (χ3v) is 6.84. The molecule has 0 aliphatic rings. The van der Waals surface area contributed by atoms with Crippen molar-refractivity contribution in [3.63, 3.8) is 0 Å². The van der Waals surface area contributed by atoms with E-state index in [1.165, 1.54) is 70.6 Å². The first-order chi connectivity index (χ1) is 17.7. The molecule has 4 heteroatoms. The van der Waals surface area contributed by atoms with Crippen molar-refractivity contribution < 1.29 is 19.1 Å². The van der Waals surface area contributed by atoms with Crippen LogP contribution < -0.4 is 0 Å². The lowest BCUT2D eigenvalue weighted by molar-refractivity contribution is 0.0449. The van der Waals surface area contributed by atoms with E-state index in [0.29, 0.717) is 24.3 Å². The summed E-state index contributed by atoms with van der Waals surface area (Å²) >= 11 is 0. The van der Waals surface area contributed by atoms with E-state index in [9.17, 15) is 9.59 Å². The predicted octanol–water partition coefficient (Wildman–Crippen LogP) is 9.62. The topological polar surface area (TPSA) is 52.6 Å². The zero-order chi connectivity index (χ0) is 26.3. The number of aryl methyl sites for hydroxylation is 1. The Morgan fingerprint density at radius 2 is 1.00 bits per heavy atom. The van der Waals surface area contributed by atoms with Gasteiger partial charge in [-0.1, -0.05) is 129 Å². The second-order valence-electron chi connectivity index (χ2n) is 10.2. The zero-order valence-electron chi connectivity index (χ0n) is 23.7. The van der Waals surface area contributed by atoms with E-state index < -0.39 is 5.97 Å². The van der Waals surface area contributed by atoms with E-state index in [4.69, 9.17) is 9.47 Å². The van der Waals surface area contributed by atoms with E-state index in [1.54, 1.807) is 6.07 Å². The van der Waals surface area contributed by atoms with Gasteiger partial charge in [-0.15, -0.1) is 0 Å². The summed E-state index contributed by atoms with van der Waals surface area (Å²) in [4.78, 5) is 26.1. The second-order valence-corrected chi connectivity index (χ2v) is 10.2. The average molecular weight is 503 g/mol. The van der Waals surface area contributed by atoms with Gasteiger partial charge in [-0.05, 0) is 37.3 Å². The molecular formula is C32H54O4. The molecule has 0 radical (unpaired) electrons. The molecule has 0 aromatic heterocycles. The van der Waals surface area contributed by atoms with Crippen LogP contribution in [0.4, 0.5) is 0 Å². The zero-order valence-corrected chi connectivity index (χ0v) is 23.7. The fraction of sp³-hybridized carbons (Fsp3) is 0.750. The predicted molar refractivity (Wildman–Crippen MR) is 151 cm³/mol. The summed E-state index contributed by atoms with van der Waals surface area (Å²) < 4.78 is 11.2. The van der Waals surface area contributed by atoms with Gasteiger partial charge in [0.1, 0.15) is 0 Å². The first-order valence-electron chi connectivity index (χ1n) is 15.1. The molecule has 206 valence electrons. The molecule has 36 heavy (non-hydrogen) atoms. The highest BCUT2D eigenvalue weighted by Crippen LogP contribution is 2.21. The molecule has 4 nitrogen and oxygen atoms in total. The third-order valence-electron chi connectivity index (χ3n) is 6.84. The molecular weight excluding hydrogens is 448 g/mol. The van der Waals surface area contributed by atoms with Crippen molar-refractivity contribution in [1.29, 1.82) is 0 Å². The van der Waals surface area contributed by atoms with Crippen LogP contribution in [-0.4, -0.2) is 25.2 Å². The first kappa shape index (κ1) is 32.2. The van der Waals surface area contributed by atoms with Crippen LogP contribution in [0.15, 0.2) is 18.2 Å². The van der Waals surface area contributed by atoms with Crippen molar-refractivity contribution in [2.45, 2.75) is 143 Å². The normalized spacial score (nSPS) is 11.0. The summed E-state index contributed by atoms with van der Waals surface area (Å²) in [7, 11) is 0. The Balaban J connectivity index is 2.65. The SMILES string of the molecule is CCCCCCCCCCOC(=O)c1cccc(CCCCCC)c1C(=O)OCCCCCCCC. The molecule has 1 aromatic carbocycles. The Kier molecular flexibility index (Phi) is 20.0. The molecule has 0 bridgehead atoms. The summed E-state index contributed by atoms with van der Waals surface area (Å²) in [6.07, 6.45) is 21.7. The maximum atomic E-state index is 13.1. The molecule has 0 unspecified atom stereocenters. The number of ether oxygens (including phenoxy) is 2. The second kappa shape index (κ2) is 22.4. The maximum Gasteiger partial charge on any atom is 0.339 e. The smallest absolute Gasteiger partial charge is 0.339 e. The number of esters is 2. The van der Waals surface area contributed by atoms with E-state index in [1.807, 2.05) is 12.1 Å². The lowest BCUT2D eigenvalue weighted by Gasteiger charge is -2.14. The molecule has 0 aliphatic heterocycles. The Morgan fingerprint density at radius 3 is 1.53 bits per heavy atom. The molecule has 0 N–H and O–H groups in total. The van der Waals surface area contributed by atoms with Gasteiger partial charge in [0.05, 0.1) is 24.3 Å². The highest BCUT2D eigenvalue weighted by Gasteiger charge is 2.23. The van der Waals surface area contributed by atoms with Crippen molar-refractivity contribution in [3.8, 4) is 0 Å². The molecule has 0 saturated heterocycles. The third kappa shape index (κ3) is 14.7. The molecule has 1 aromatic rings. The van der Waals surface area contributed by atoms with E-state index in [2.05, 4.69) is 20.8 Å². The summed E-state index contributed by atoms with van der Waals surface area (Å²) in [5.41, 5.74) is 1.68. The number of rotatable bonds is 23. The number of carbonyl (C=O) groups excluding carboxylic acids is 2. The lowest BCUT2D eigenvalue weighted by Crippen LogP contribution is -2.17. The van der Waals surface area contributed by atoms with Crippen molar-refractivity contribution >= 4 is 11.9 Å². The van der Waals surface area contributed by atoms with Crippen molar-refractivity contribution in [1.82, 2.24) is 0 Å². The monoisotopic (exact) mass is 502 g/mol. The highest BCUT2D eigenvalue weighted by molar-refractivity contribution is 6.04. The first-order valence-corrected chi connectivity index (χ1v) is 15.1. The van der Waals surface area contributed by atoms with E-state index in [0.717, 1.165) is 56.9 Å². The number of carbonyl (C=O) groups is 2. The minimum atomic E-state index is -0.403. The standard InChI is InChI=1S/C32H54O4/c1-4-7-10-13-15-16-18-20-26-35-31(33)29-25-22-24-28(23-19-12-9-6-3)30(29)32(34)36-27-21-17-14-11-8-5-2/h22,24-25H,4-21,23,26-27H2,1-3H3. The molecule has 1 rings (SSSR count). The van der Waals surface area contributed by atoms with Crippen molar-refractivity contribution in [3.05, 3.63) is 34.9 Å². The minimum Gasteiger partial charge on any atom is -0.462 e. The van der Waals surface area contributed by atoms with Gasteiger partial charge in [0, 0.05) is 0 Å². The highest BCUT2D eigenvalue weighted by atomic mass is 16.5. The molecule has 0 aliphatic carbocycles. The van der Waals surface area contributed by atoms with Gasteiger partial charge >= 0.3 is 11.9 Å². The van der Waals surface area contributed by atoms with Crippen LogP contribution in [-0.2, 0) is 15.9 Å². The molecule has 0 saturated carbocycles. The Bertz CT molecular complexity index is 697. The number of hydrogen-bond donors (Lipinski definition) is 0. The minimum absolute atomic E-state index is 0.357. The fourth-order valence-electron chi connectivity index (χ4n) is 4.56. The van der Waals surface area contributed by atoms with Gasteiger partial charge < -0.3 is 9.47 Å². The van der Waals surface area contributed by atoms with Crippen LogP contribution >= 0.6 is 0 Å². The number of unbranched alkanes of at least 4 members (excludes halogenated alkanes) is 15. The average Bonchev–Trinajstić information content (AvgIpc) is 2.89. The van der Waals surface area contributed by atoms with Gasteiger partial charge in [-0.25, -0.2) is 9.59 Å². The van der Waals surface area contributed by atoms with Crippen molar-refractivity contribution in [2.75, 3.05) is 13.2 Å². The fourth-order valence-corrected chi connectivity index (χ4v) is 4.56. The summed E-state index contributed by atoms with van der Waals surface area (Å²) in [5.74, 6) is -0.784. The summed E-state index contributed by atoms with van der Waals surface area (Å²) in [5, 5.41) is 0. The van der Waals surface area contributed by atoms with Crippen LogP contribution in [0.25, 0.3) is 0 Å². The Hall–Kier alpha value is -1.84. The largest absolute Gasteiger partial charge is 0.462 e. The van der Waals surface area contributed by atoms with Gasteiger partial charge in [-0.3, -0.25) is 0 Å². The van der Waals surface area contributed by atoms with Gasteiger partial charge in [0.2, 0.25) is 0 Å². The number of hydrogen-bond acceptors (Lipinski definition) is 4. The molecule has 0 spiro atoms. The summed E-state index contributed by atoms with van der Waals surface area (Å²) in [6, 6.07) is 5.54. The van der Waals surface area contributed by atoms with E-state index >= 15 is 0 Å².